The van der Waals surface area contributed by atoms with Gasteiger partial charge in [-0.15, -0.1) is 11.3 Å². The molecule has 1 unspecified atom stereocenters. The van der Waals surface area contributed by atoms with Gasteiger partial charge in [-0.25, -0.2) is 19.9 Å². The zero-order valence-corrected chi connectivity index (χ0v) is 22.3. The van der Waals surface area contributed by atoms with Gasteiger partial charge in [-0.1, -0.05) is 11.6 Å². The molecule has 3 aromatic rings. The Morgan fingerprint density at radius 2 is 1.85 bits per heavy atom. The monoisotopic (exact) mass is 598 g/mol. The van der Waals surface area contributed by atoms with Crippen LogP contribution in [-0.4, -0.2) is 80.4 Å². The molecule has 0 spiro atoms. The van der Waals surface area contributed by atoms with Gasteiger partial charge in [0.25, 0.3) is 11.8 Å². The average molecular weight is 599 g/mol. The molecule has 17 heteroatoms. The number of carbonyl (C=O) groups excluding carboxylic acids is 3. The first kappa shape index (κ1) is 29.1. The van der Waals surface area contributed by atoms with Gasteiger partial charge in [-0.2, -0.15) is 13.2 Å². The lowest BCUT2D eigenvalue weighted by atomic mass is 10.2. The molecule has 0 bridgehead atoms. The number of nitrogens with zero attached hydrogens (tertiary/aromatic N) is 6. The highest BCUT2D eigenvalue weighted by Gasteiger charge is 2.34. The summed E-state index contributed by atoms with van der Waals surface area (Å²) in [6.45, 7) is 2.72. The van der Waals surface area contributed by atoms with Crippen molar-refractivity contribution in [2.75, 3.05) is 43.0 Å². The summed E-state index contributed by atoms with van der Waals surface area (Å²) >= 11 is 6.50. The summed E-state index contributed by atoms with van der Waals surface area (Å²) in [5.41, 5.74) is -1.04. The van der Waals surface area contributed by atoms with Crippen molar-refractivity contribution in [3.8, 4) is 0 Å². The van der Waals surface area contributed by atoms with Gasteiger partial charge in [-0.05, 0) is 19.1 Å². The maximum absolute atomic E-state index is 13.1. The molecule has 12 nitrogen and oxygen atoms in total. The summed E-state index contributed by atoms with van der Waals surface area (Å²) in [5, 5.41) is 13.8. The number of amides is 3. The summed E-state index contributed by atoms with van der Waals surface area (Å²) in [6, 6.07) is 1.44. The summed E-state index contributed by atoms with van der Waals surface area (Å²) in [7, 11) is 0. The lowest BCUT2D eigenvalue weighted by molar-refractivity contribution is -0.137. The SMILES string of the molecule is CC(NC(=O)c1ccnc(N2CCN(C(=O)CO)CC2)n1)c1ncc(C(=O)Nc2cc(C(F)(F)F)c(Cl)cn2)s1. The molecule has 0 aliphatic carbocycles. The Labute approximate surface area is 234 Å². The second-order valence-corrected chi connectivity index (χ2v) is 10.00. The van der Waals surface area contributed by atoms with Gasteiger partial charge in [0.2, 0.25) is 11.9 Å². The van der Waals surface area contributed by atoms with Gasteiger partial charge < -0.3 is 25.5 Å². The molecule has 40 heavy (non-hydrogen) atoms. The third kappa shape index (κ3) is 6.81. The highest BCUT2D eigenvalue weighted by Crippen LogP contribution is 2.35. The normalized spacial score (nSPS) is 14.6. The molecule has 3 aromatic heterocycles. The van der Waals surface area contributed by atoms with Crippen LogP contribution < -0.4 is 15.5 Å². The van der Waals surface area contributed by atoms with Gasteiger partial charge >= 0.3 is 6.18 Å². The lowest BCUT2D eigenvalue weighted by Crippen LogP contribution is -2.50. The van der Waals surface area contributed by atoms with Crippen LogP contribution in [0.15, 0.2) is 30.7 Å². The maximum atomic E-state index is 13.1. The number of aromatic nitrogens is 4. The summed E-state index contributed by atoms with van der Waals surface area (Å²) in [6.07, 6.45) is -1.24. The summed E-state index contributed by atoms with van der Waals surface area (Å²) in [5.74, 6) is -1.63. The summed E-state index contributed by atoms with van der Waals surface area (Å²) in [4.78, 5) is 56.9. The quantitative estimate of drug-likeness (QED) is 0.372. The van der Waals surface area contributed by atoms with E-state index in [1.807, 2.05) is 4.90 Å². The van der Waals surface area contributed by atoms with Gasteiger partial charge in [0.15, 0.2) is 0 Å². The highest BCUT2D eigenvalue weighted by molar-refractivity contribution is 7.13. The largest absolute Gasteiger partial charge is 0.418 e. The number of carbonyl (C=O) groups is 3. The second-order valence-electron chi connectivity index (χ2n) is 8.53. The number of nitrogens with one attached hydrogen (secondary N) is 2. The number of piperazine rings is 1. The molecule has 3 N–H and O–H groups in total. The molecule has 1 saturated heterocycles. The van der Waals surface area contributed by atoms with Crippen molar-refractivity contribution in [1.29, 1.82) is 0 Å². The molecule has 4 rings (SSSR count). The number of halogens is 4. The van der Waals surface area contributed by atoms with Gasteiger partial charge in [0.05, 0.1) is 22.8 Å². The predicted octanol–water partition coefficient (Wildman–Crippen LogP) is 2.38. The van der Waals surface area contributed by atoms with Crippen LogP contribution in [0.3, 0.4) is 0 Å². The van der Waals surface area contributed by atoms with E-state index in [9.17, 15) is 27.6 Å². The number of aliphatic hydroxyl groups excluding tert-OH is 1. The van der Waals surface area contributed by atoms with E-state index in [1.165, 1.54) is 23.4 Å². The number of anilines is 2. The van der Waals surface area contributed by atoms with Crippen molar-refractivity contribution in [3.05, 3.63) is 56.9 Å². The van der Waals surface area contributed by atoms with E-state index >= 15 is 0 Å². The lowest BCUT2D eigenvalue weighted by Gasteiger charge is -2.34. The van der Waals surface area contributed by atoms with Crippen LogP contribution in [-0.2, 0) is 11.0 Å². The van der Waals surface area contributed by atoms with Gasteiger partial charge in [0.1, 0.15) is 28.0 Å². The molecule has 3 amide bonds. The third-order valence-electron chi connectivity index (χ3n) is 5.79. The standard InChI is InChI=1S/C23H22ClF3N8O4S/c1-12(21-30-10-16(40-21)20(39)33-17-8-13(23(25,26)27)14(24)9-29-17)31-19(38)15-2-3-28-22(32-15)35-6-4-34(5-7-35)18(37)11-36/h2-3,8-10,12,36H,4-7,11H2,1H3,(H,31,38)(H,29,33,39). The minimum atomic E-state index is -4.72. The first-order valence-corrected chi connectivity index (χ1v) is 12.9. The highest BCUT2D eigenvalue weighted by atomic mass is 35.5. The molecule has 212 valence electrons. The van der Waals surface area contributed by atoms with Crippen LogP contribution in [0.2, 0.25) is 5.02 Å². The van der Waals surface area contributed by atoms with E-state index in [-0.39, 0.29) is 22.3 Å². The Kier molecular flexibility index (Phi) is 8.80. The zero-order chi connectivity index (χ0) is 29.0. The van der Waals surface area contributed by atoms with Crippen LogP contribution in [0.4, 0.5) is 24.9 Å². The first-order chi connectivity index (χ1) is 19.0. The van der Waals surface area contributed by atoms with Crippen LogP contribution in [0, 0.1) is 0 Å². The topological polar surface area (TPSA) is 154 Å². The fourth-order valence-electron chi connectivity index (χ4n) is 3.71. The van der Waals surface area contributed by atoms with Crippen molar-refractivity contribution in [2.45, 2.75) is 19.1 Å². The number of aliphatic hydroxyl groups is 1. The average Bonchev–Trinajstić information content (AvgIpc) is 3.44. The fraction of sp³-hybridized carbons (Fsp3) is 0.348. The zero-order valence-electron chi connectivity index (χ0n) is 20.8. The van der Waals surface area contributed by atoms with Crippen molar-refractivity contribution in [2.24, 2.45) is 0 Å². The molecule has 1 atom stereocenters. The molecule has 1 aliphatic rings. The van der Waals surface area contributed by atoms with E-state index < -0.39 is 41.2 Å². The molecular formula is C23H22ClF3N8O4S. The Morgan fingerprint density at radius 3 is 2.52 bits per heavy atom. The Balaban J connectivity index is 1.37. The van der Waals surface area contributed by atoms with Crippen LogP contribution >= 0.6 is 22.9 Å². The van der Waals surface area contributed by atoms with Crippen LogP contribution in [0.25, 0.3) is 0 Å². The van der Waals surface area contributed by atoms with E-state index in [0.29, 0.717) is 43.2 Å². The predicted molar refractivity (Wildman–Crippen MR) is 138 cm³/mol. The van der Waals surface area contributed by atoms with Crippen LogP contribution in [0.1, 0.15) is 43.7 Å². The molecule has 4 heterocycles. The molecule has 0 radical (unpaired) electrons. The Hall–Kier alpha value is -3.89. The molecule has 0 saturated carbocycles. The first-order valence-electron chi connectivity index (χ1n) is 11.7. The number of alkyl halides is 3. The fourth-order valence-corrected chi connectivity index (χ4v) is 4.74. The molecular weight excluding hydrogens is 577 g/mol. The van der Waals surface area contributed by atoms with E-state index in [2.05, 4.69) is 30.6 Å². The number of pyridine rings is 1. The molecule has 1 aliphatic heterocycles. The smallest absolute Gasteiger partial charge is 0.387 e. The van der Waals surface area contributed by atoms with Crippen molar-refractivity contribution in [1.82, 2.24) is 30.2 Å². The Bertz CT molecular complexity index is 1410. The number of rotatable bonds is 7. The van der Waals surface area contributed by atoms with Crippen LogP contribution in [0.5, 0.6) is 0 Å². The molecule has 1 fully saturated rings. The van der Waals surface area contributed by atoms with E-state index in [4.69, 9.17) is 16.7 Å². The second kappa shape index (κ2) is 12.1. The third-order valence-corrected chi connectivity index (χ3v) is 7.27. The summed E-state index contributed by atoms with van der Waals surface area (Å²) < 4.78 is 39.2. The minimum absolute atomic E-state index is 0.0875. The number of hydrogen-bond acceptors (Lipinski definition) is 10. The van der Waals surface area contributed by atoms with Crippen molar-refractivity contribution in [3.63, 3.8) is 0 Å². The van der Waals surface area contributed by atoms with Crippen molar-refractivity contribution >= 4 is 52.4 Å². The van der Waals surface area contributed by atoms with E-state index in [1.54, 1.807) is 6.92 Å². The minimum Gasteiger partial charge on any atom is -0.387 e. The maximum Gasteiger partial charge on any atom is 0.418 e. The van der Waals surface area contributed by atoms with Gasteiger partial charge in [0, 0.05) is 38.6 Å². The van der Waals surface area contributed by atoms with Gasteiger partial charge in [-0.3, -0.25) is 14.4 Å². The van der Waals surface area contributed by atoms with E-state index in [0.717, 1.165) is 17.5 Å². The number of hydrogen-bond donors (Lipinski definition) is 3. The van der Waals surface area contributed by atoms with Crippen molar-refractivity contribution < 1.29 is 32.7 Å². The Morgan fingerprint density at radius 1 is 1.12 bits per heavy atom. The number of thiazole rings is 1. The molecule has 0 aromatic carbocycles.